The minimum Gasteiger partial charge on any atom is -0.468 e. The van der Waals surface area contributed by atoms with E-state index in [9.17, 15) is 5.11 Å². The molecule has 1 aliphatic rings. The van der Waals surface area contributed by atoms with E-state index in [1.165, 1.54) is 17.7 Å². The van der Waals surface area contributed by atoms with E-state index in [1.807, 2.05) is 13.0 Å². The third kappa shape index (κ3) is 3.11. The predicted octanol–water partition coefficient (Wildman–Crippen LogP) is 2.82. The lowest BCUT2D eigenvalue weighted by molar-refractivity contribution is 0.159. The van der Waals surface area contributed by atoms with Crippen LogP contribution in [0.25, 0.3) is 0 Å². The Morgan fingerprint density at radius 2 is 2.33 bits per heavy atom. The van der Waals surface area contributed by atoms with Crippen LogP contribution in [-0.2, 0) is 0 Å². The molecule has 1 aliphatic carbocycles. The van der Waals surface area contributed by atoms with Gasteiger partial charge in [-0.3, -0.25) is 0 Å². The van der Waals surface area contributed by atoms with Crippen LogP contribution in [0.15, 0.2) is 21.6 Å². The number of aryl methyl sites for hydroxylation is 1. The Hall–Kier alpha value is -0.450. The molecule has 102 valence electrons. The maximum Gasteiger partial charge on any atom is 0.114 e. The van der Waals surface area contributed by atoms with Gasteiger partial charge in [-0.2, -0.15) is 0 Å². The highest BCUT2D eigenvalue weighted by molar-refractivity contribution is 7.99. The minimum atomic E-state index is -0.107. The molecule has 1 aromatic rings. The molecular formula is C14H23NO2S. The van der Waals surface area contributed by atoms with Crippen LogP contribution in [0.1, 0.15) is 31.9 Å². The van der Waals surface area contributed by atoms with Gasteiger partial charge >= 0.3 is 0 Å². The monoisotopic (exact) mass is 269 g/mol. The molecule has 18 heavy (non-hydrogen) atoms. The summed E-state index contributed by atoms with van der Waals surface area (Å²) in [4.78, 5) is 1.19. The molecule has 1 aromatic heterocycles. The Labute approximate surface area is 113 Å². The van der Waals surface area contributed by atoms with Crippen LogP contribution >= 0.6 is 11.8 Å². The molecule has 3 nitrogen and oxygen atoms in total. The highest BCUT2D eigenvalue weighted by atomic mass is 32.2. The van der Waals surface area contributed by atoms with E-state index in [0.717, 1.165) is 24.5 Å². The summed E-state index contributed by atoms with van der Waals surface area (Å²) in [5, 5.41) is 13.4. The summed E-state index contributed by atoms with van der Waals surface area (Å²) in [5.41, 5.74) is -0.107. The zero-order valence-electron chi connectivity index (χ0n) is 11.2. The smallest absolute Gasteiger partial charge is 0.114 e. The van der Waals surface area contributed by atoms with Crippen LogP contribution in [0.3, 0.4) is 0 Å². The first-order valence-corrected chi connectivity index (χ1v) is 7.73. The molecule has 0 bridgehead atoms. The van der Waals surface area contributed by atoms with Crippen molar-refractivity contribution in [3.63, 3.8) is 0 Å². The average molecular weight is 269 g/mol. The topological polar surface area (TPSA) is 45.4 Å². The zero-order chi connectivity index (χ0) is 13.0. The molecule has 2 rings (SSSR count). The van der Waals surface area contributed by atoms with E-state index < -0.39 is 0 Å². The predicted molar refractivity (Wildman–Crippen MR) is 75.0 cm³/mol. The Morgan fingerprint density at radius 1 is 1.56 bits per heavy atom. The molecular weight excluding hydrogens is 246 g/mol. The quantitative estimate of drug-likeness (QED) is 0.712. The van der Waals surface area contributed by atoms with E-state index in [4.69, 9.17) is 4.42 Å². The molecule has 0 amide bonds. The summed E-state index contributed by atoms with van der Waals surface area (Å²) in [5.74, 6) is 2.51. The molecule has 0 radical (unpaired) electrons. The van der Waals surface area contributed by atoms with Crippen molar-refractivity contribution in [2.75, 3.05) is 18.9 Å². The van der Waals surface area contributed by atoms with Gasteiger partial charge in [0.05, 0.1) is 18.4 Å². The van der Waals surface area contributed by atoms with Crippen molar-refractivity contribution in [1.82, 2.24) is 5.32 Å². The lowest BCUT2D eigenvalue weighted by Gasteiger charge is -2.33. The molecule has 0 aliphatic heterocycles. The summed E-state index contributed by atoms with van der Waals surface area (Å²) in [6.07, 6.45) is 5.31. The Balaban J connectivity index is 1.98. The normalized spacial score (nSPS) is 18.8. The fourth-order valence-corrected chi connectivity index (χ4v) is 3.53. The average Bonchev–Trinajstić information content (AvgIpc) is 3.15. The Bertz CT molecular complexity index is 376. The van der Waals surface area contributed by atoms with Gasteiger partial charge in [0.15, 0.2) is 0 Å². The fourth-order valence-electron chi connectivity index (χ4n) is 2.28. The van der Waals surface area contributed by atoms with Crippen molar-refractivity contribution < 1.29 is 9.52 Å². The zero-order valence-corrected chi connectivity index (χ0v) is 12.1. The number of hydrogen-bond acceptors (Lipinski definition) is 4. The highest BCUT2D eigenvalue weighted by Crippen LogP contribution is 2.42. The largest absolute Gasteiger partial charge is 0.468 e. The summed E-state index contributed by atoms with van der Waals surface area (Å²) in [7, 11) is 0. The second kappa shape index (κ2) is 6.13. The standard InChI is InChI=1S/C14H23NO2S/c1-3-7-15-14(9-16,12-4-5-12)10-18-13-6-8-17-11(13)2/h6,8,12,15-16H,3-5,7,9-10H2,1-2H3. The van der Waals surface area contributed by atoms with Crippen molar-refractivity contribution in [1.29, 1.82) is 0 Å². The van der Waals surface area contributed by atoms with Gasteiger partial charge < -0.3 is 14.8 Å². The van der Waals surface area contributed by atoms with Gasteiger partial charge in [0.2, 0.25) is 0 Å². The van der Waals surface area contributed by atoms with Gasteiger partial charge in [-0.25, -0.2) is 0 Å². The molecule has 2 N–H and O–H groups in total. The number of rotatable bonds is 8. The summed E-state index contributed by atoms with van der Waals surface area (Å²) < 4.78 is 5.32. The molecule has 1 heterocycles. The number of hydrogen-bond donors (Lipinski definition) is 2. The number of thioether (sulfide) groups is 1. The number of aliphatic hydroxyl groups is 1. The Kier molecular flexibility index (Phi) is 4.76. The van der Waals surface area contributed by atoms with Gasteiger partial charge in [-0.05, 0) is 44.7 Å². The number of nitrogens with one attached hydrogen (secondary N) is 1. The molecule has 1 unspecified atom stereocenters. The van der Waals surface area contributed by atoms with E-state index in [2.05, 4.69) is 12.2 Å². The van der Waals surface area contributed by atoms with Crippen molar-refractivity contribution in [2.45, 2.75) is 43.5 Å². The second-order valence-corrected chi connectivity index (χ2v) is 6.16. The number of aliphatic hydroxyl groups excluding tert-OH is 1. The molecule has 0 saturated heterocycles. The van der Waals surface area contributed by atoms with E-state index in [-0.39, 0.29) is 12.1 Å². The molecule has 4 heteroatoms. The Morgan fingerprint density at radius 3 is 2.83 bits per heavy atom. The molecule has 1 atom stereocenters. The van der Waals surface area contributed by atoms with Crippen molar-refractivity contribution in [2.24, 2.45) is 5.92 Å². The summed E-state index contributed by atoms with van der Waals surface area (Å²) >= 11 is 1.79. The van der Waals surface area contributed by atoms with Gasteiger partial charge in [0.25, 0.3) is 0 Å². The van der Waals surface area contributed by atoms with Crippen molar-refractivity contribution in [3.05, 3.63) is 18.1 Å². The third-order valence-corrected chi connectivity index (χ3v) is 5.06. The maximum absolute atomic E-state index is 9.81. The van der Waals surface area contributed by atoms with Crippen molar-refractivity contribution in [3.8, 4) is 0 Å². The molecule has 0 aromatic carbocycles. The third-order valence-electron chi connectivity index (χ3n) is 3.66. The lowest BCUT2D eigenvalue weighted by atomic mass is 9.96. The molecule has 1 fully saturated rings. The van der Waals surface area contributed by atoms with Crippen LogP contribution < -0.4 is 5.32 Å². The van der Waals surface area contributed by atoms with Crippen LogP contribution in [-0.4, -0.2) is 29.5 Å². The molecule has 1 saturated carbocycles. The minimum absolute atomic E-state index is 0.107. The second-order valence-electron chi connectivity index (χ2n) is 5.15. The SMILES string of the molecule is CCCNC(CO)(CSc1ccoc1C)C1CC1. The van der Waals surface area contributed by atoms with Crippen LogP contribution in [0.2, 0.25) is 0 Å². The summed E-state index contributed by atoms with van der Waals surface area (Å²) in [6, 6.07) is 2.01. The first kappa shape index (κ1) is 14.0. The van der Waals surface area contributed by atoms with Crippen LogP contribution in [0.5, 0.6) is 0 Å². The van der Waals surface area contributed by atoms with Gasteiger partial charge in [0.1, 0.15) is 5.76 Å². The maximum atomic E-state index is 9.81. The van der Waals surface area contributed by atoms with Gasteiger partial charge in [-0.1, -0.05) is 6.92 Å². The van der Waals surface area contributed by atoms with Gasteiger partial charge in [0, 0.05) is 10.6 Å². The highest BCUT2D eigenvalue weighted by Gasteiger charge is 2.44. The number of furan rings is 1. The first-order chi connectivity index (χ1) is 8.72. The van der Waals surface area contributed by atoms with Crippen molar-refractivity contribution >= 4 is 11.8 Å². The van der Waals surface area contributed by atoms with E-state index in [0.29, 0.717) is 5.92 Å². The van der Waals surface area contributed by atoms with Gasteiger partial charge in [-0.15, -0.1) is 11.8 Å². The van der Waals surface area contributed by atoms with Crippen LogP contribution in [0, 0.1) is 12.8 Å². The lowest BCUT2D eigenvalue weighted by Crippen LogP contribution is -2.53. The fraction of sp³-hybridized carbons (Fsp3) is 0.714. The van der Waals surface area contributed by atoms with E-state index >= 15 is 0 Å². The summed E-state index contributed by atoms with van der Waals surface area (Å²) in [6.45, 7) is 5.35. The van der Waals surface area contributed by atoms with Crippen LogP contribution in [0.4, 0.5) is 0 Å². The van der Waals surface area contributed by atoms with E-state index in [1.54, 1.807) is 18.0 Å². The molecule has 0 spiro atoms. The first-order valence-electron chi connectivity index (χ1n) is 6.74.